The van der Waals surface area contributed by atoms with Crippen LogP contribution in [-0.2, 0) is 23.1 Å². The third-order valence-electron chi connectivity index (χ3n) is 4.82. The number of hydrogen-bond donors (Lipinski definition) is 1. The maximum atomic E-state index is 12.9. The second-order valence-electron chi connectivity index (χ2n) is 7.09. The molecule has 1 aromatic heterocycles. The van der Waals surface area contributed by atoms with E-state index < -0.39 is 16.1 Å². The van der Waals surface area contributed by atoms with Gasteiger partial charge in [0.15, 0.2) is 5.75 Å². The third kappa shape index (κ3) is 4.61. The zero-order valence-electron chi connectivity index (χ0n) is 17.2. The van der Waals surface area contributed by atoms with E-state index in [1.165, 1.54) is 35.4 Å². The number of para-hydroxylation sites is 1. The molecular formula is C20H23Cl2N3O5S. The van der Waals surface area contributed by atoms with Gasteiger partial charge in [-0.2, -0.15) is 0 Å². The molecule has 1 heterocycles. The standard InChI is InChI=1S/C20H23Cl2N3O5S/c1-4-24-17-9-8-14(31(28,29)23(2)3)10-18(17)25(20(24)27)11-13(26)12-30-19-15(21)6-5-7-16(19)22/h5-10,13,26H,4,11-12H2,1-3H3. The molecule has 0 bridgehead atoms. The highest BCUT2D eigenvalue weighted by molar-refractivity contribution is 7.89. The summed E-state index contributed by atoms with van der Waals surface area (Å²) < 4.78 is 34.6. The van der Waals surface area contributed by atoms with Gasteiger partial charge in [-0.05, 0) is 37.3 Å². The number of aromatic nitrogens is 2. The highest BCUT2D eigenvalue weighted by Gasteiger charge is 2.22. The van der Waals surface area contributed by atoms with Gasteiger partial charge in [-0.3, -0.25) is 9.13 Å². The Balaban J connectivity index is 1.95. The molecule has 0 aliphatic heterocycles. The van der Waals surface area contributed by atoms with Crippen LogP contribution in [0.4, 0.5) is 0 Å². The molecule has 0 radical (unpaired) electrons. The van der Waals surface area contributed by atoms with E-state index in [4.69, 9.17) is 27.9 Å². The normalized spacial score (nSPS) is 13.1. The summed E-state index contributed by atoms with van der Waals surface area (Å²) in [4.78, 5) is 13.0. The van der Waals surface area contributed by atoms with E-state index >= 15 is 0 Å². The van der Waals surface area contributed by atoms with Crippen LogP contribution in [0.1, 0.15) is 6.92 Å². The molecule has 3 aromatic rings. The molecule has 0 aliphatic rings. The minimum atomic E-state index is -3.69. The Kier molecular flexibility index (Phi) is 7.02. The molecule has 0 fully saturated rings. The van der Waals surface area contributed by atoms with Gasteiger partial charge in [0.1, 0.15) is 12.7 Å². The SMILES string of the molecule is CCn1c(=O)n(CC(O)COc2c(Cl)cccc2Cl)c2cc(S(=O)(=O)N(C)C)ccc21. The number of sulfonamides is 1. The summed E-state index contributed by atoms with van der Waals surface area (Å²) in [5.41, 5.74) is 0.629. The lowest BCUT2D eigenvalue weighted by Gasteiger charge is -2.15. The second-order valence-corrected chi connectivity index (χ2v) is 10.1. The first-order valence-corrected chi connectivity index (χ1v) is 11.7. The van der Waals surface area contributed by atoms with Gasteiger partial charge in [-0.1, -0.05) is 29.3 Å². The summed E-state index contributed by atoms with van der Waals surface area (Å²) in [6.07, 6.45) is -1.07. The Morgan fingerprint density at radius 2 is 1.74 bits per heavy atom. The van der Waals surface area contributed by atoms with Crippen molar-refractivity contribution in [1.29, 1.82) is 0 Å². The smallest absolute Gasteiger partial charge is 0.329 e. The minimum Gasteiger partial charge on any atom is -0.488 e. The molecule has 3 rings (SSSR count). The summed E-state index contributed by atoms with van der Waals surface area (Å²) in [5.74, 6) is 0.243. The molecule has 0 saturated heterocycles. The van der Waals surface area contributed by atoms with Crippen LogP contribution in [0.3, 0.4) is 0 Å². The molecule has 8 nitrogen and oxygen atoms in total. The van der Waals surface area contributed by atoms with Gasteiger partial charge in [-0.25, -0.2) is 17.5 Å². The lowest BCUT2D eigenvalue weighted by atomic mass is 10.3. The van der Waals surface area contributed by atoms with Crippen LogP contribution in [0, 0.1) is 0 Å². The van der Waals surface area contributed by atoms with Crippen molar-refractivity contribution in [1.82, 2.24) is 13.4 Å². The molecule has 0 saturated carbocycles. The van der Waals surface area contributed by atoms with Crippen molar-refractivity contribution in [2.45, 2.75) is 31.0 Å². The summed E-state index contributed by atoms with van der Waals surface area (Å²) in [6, 6.07) is 9.40. The molecular weight excluding hydrogens is 465 g/mol. The average molecular weight is 488 g/mol. The number of nitrogens with zero attached hydrogens (tertiary/aromatic N) is 3. The van der Waals surface area contributed by atoms with E-state index in [1.54, 1.807) is 24.3 Å². The monoisotopic (exact) mass is 487 g/mol. The molecule has 0 spiro atoms. The number of fused-ring (bicyclic) bond motifs is 1. The lowest BCUT2D eigenvalue weighted by Crippen LogP contribution is -2.31. The van der Waals surface area contributed by atoms with Crippen molar-refractivity contribution in [2.24, 2.45) is 0 Å². The fraction of sp³-hybridized carbons (Fsp3) is 0.350. The molecule has 1 N–H and O–H groups in total. The van der Waals surface area contributed by atoms with Gasteiger partial charge in [0.25, 0.3) is 0 Å². The number of benzene rings is 2. The Morgan fingerprint density at radius 3 is 2.32 bits per heavy atom. The quantitative estimate of drug-likeness (QED) is 0.527. The van der Waals surface area contributed by atoms with Crippen molar-refractivity contribution in [3.05, 3.63) is 56.9 Å². The van der Waals surface area contributed by atoms with Crippen LogP contribution in [0.25, 0.3) is 11.0 Å². The molecule has 31 heavy (non-hydrogen) atoms. The number of imidazole rings is 1. The van der Waals surface area contributed by atoms with E-state index in [1.807, 2.05) is 6.92 Å². The van der Waals surface area contributed by atoms with E-state index in [-0.39, 0.29) is 29.5 Å². The van der Waals surface area contributed by atoms with Crippen molar-refractivity contribution in [3.63, 3.8) is 0 Å². The van der Waals surface area contributed by atoms with Crippen molar-refractivity contribution in [2.75, 3.05) is 20.7 Å². The van der Waals surface area contributed by atoms with E-state index in [0.29, 0.717) is 27.6 Å². The summed E-state index contributed by atoms with van der Waals surface area (Å²) in [7, 11) is -0.817. The van der Waals surface area contributed by atoms with Crippen LogP contribution in [0.2, 0.25) is 10.0 Å². The topological polar surface area (TPSA) is 93.8 Å². The Hall–Kier alpha value is -2.04. The van der Waals surface area contributed by atoms with Gasteiger partial charge < -0.3 is 9.84 Å². The van der Waals surface area contributed by atoms with Crippen molar-refractivity contribution in [3.8, 4) is 5.75 Å². The predicted molar refractivity (Wildman–Crippen MR) is 121 cm³/mol. The number of aliphatic hydroxyl groups is 1. The number of aryl methyl sites for hydroxylation is 1. The molecule has 1 atom stereocenters. The Labute approximate surface area is 190 Å². The fourth-order valence-electron chi connectivity index (χ4n) is 3.22. The minimum absolute atomic E-state index is 0.0561. The first-order chi connectivity index (χ1) is 14.6. The van der Waals surface area contributed by atoms with Crippen LogP contribution < -0.4 is 10.4 Å². The number of aliphatic hydroxyl groups excluding tert-OH is 1. The molecule has 1 unspecified atom stereocenters. The number of rotatable bonds is 8. The van der Waals surface area contributed by atoms with Crippen molar-refractivity contribution < 1.29 is 18.3 Å². The van der Waals surface area contributed by atoms with Gasteiger partial charge in [-0.15, -0.1) is 0 Å². The predicted octanol–water partition coefficient (Wildman–Crippen LogP) is 2.82. The zero-order chi connectivity index (χ0) is 22.9. The highest BCUT2D eigenvalue weighted by atomic mass is 35.5. The van der Waals surface area contributed by atoms with Crippen LogP contribution in [0.5, 0.6) is 5.75 Å². The van der Waals surface area contributed by atoms with Crippen LogP contribution >= 0.6 is 23.2 Å². The molecule has 2 aromatic carbocycles. The third-order valence-corrected chi connectivity index (χ3v) is 7.22. The maximum absolute atomic E-state index is 12.9. The first-order valence-electron chi connectivity index (χ1n) is 9.48. The zero-order valence-corrected chi connectivity index (χ0v) is 19.6. The Bertz CT molecular complexity index is 1250. The summed E-state index contributed by atoms with van der Waals surface area (Å²) in [6.45, 7) is 1.94. The van der Waals surface area contributed by atoms with Crippen LogP contribution in [0.15, 0.2) is 46.1 Å². The van der Waals surface area contributed by atoms with Crippen LogP contribution in [-0.4, -0.2) is 53.8 Å². The Morgan fingerprint density at radius 1 is 1.10 bits per heavy atom. The van der Waals surface area contributed by atoms with Gasteiger partial charge in [0.2, 0.25) is 10.0 Å². The van der Waals surface area contributed by atoms with E-state index in [2.05, 4.69) is 0 Å². The number of hydrogen-bond acceptors (Lipinski definition) is 5. The van der Waals surface area contributed by atoms with E-state index in [0.717, 1.165) is 4.31 Å². The van der Waals surface area contributed by atoms with Gasteiger partial charge in [0, 0.05) is 20.6 Å². The van der Waals surface area contributed by atoms with Gasteiger partial charge >= 0.3 is 5.69 Å². The van der Waals surface area contributed by atoms with E-state index in [9.17, 15) is 18.3 Å². The fourth-order valence-corrected chi connectivity index (χ4v) is 4.64. The molecule has 0 aliphatic carbocycles. The summed E-state index contributed by atoms with van der Waals surface area (Å²) >= 11 is 12.1. The summed E-state index contributed by atoms with van der Waals surface area (Å²) in [5, 5.41) is 11.1. The largest absolute Gasteiger partial charge is 0.488 e. The molecule has 0 amide bonds. The van der Waals surface area contributed by atoms with Gasteiger partial charge in [0.05, 0.1) is 32.5 Å². The second kappa shape index (κ2) is 9.22. The first kappa shape index (κ1) is 23.6. The number of halogens is 2. The maximum Gasteiger partial charge on any atom is 0.329 e. The number of ether oxygens (including phenoxy) is 1. The van der Waals surface area contributed by atoms with Crippen molar-refractivity contribution >= 4 is 44.3 Å². The molecule has 11 heteroatoms. The lowest BCUT2D eigenvalue weighted by molar-refractivity contribution is 0.0925. The molecule has 168 valence electrons. The average Bonchev–Trinajstić information content (AvgIpc) is 2.97. The highest BCUT2D eigenvalue weighted by Crippen LogP contribution is 2.32.